The Morgan fingerprint density at radius 2 is 2.00 bits per heavy atom. The molecule has 1 aromatic rings. The predicted molar refractivity (Wildman–Crippen MR) is 95.8 cm³/mol. The average molecular weight is 399 g/mol. The molecule has 140 valence electrons. The summed E-state index contributed by atoms with van der Waals surface area (Å²) in [6.45, 7) is 0.00645. The van der Waals surface area contributed by atoms with Crippen LogP contribution in [0.2, 0.25) is 5.02 Å². The molecule has 4 rings (SSSR count). The van der Waals surface area contributed by atoms with E-state index in [1.807, 2.05) is 24.3 Å². The van der Waals surface area contributed by atoms with Gasteiger partial charge >= 0.3 is 5.97 Å². The van der Waals surface area contributed by atoms with Crippen LogP contribution in [-0.2, 0) is 25.1 Å². The molecule has 1 unspecified atom stereocenters. The first kappa shape index (κ1) is 17.8. The molecule has 7 nitrogen and oxygen atoms in total. The molecule has 1 spiro atoms. The summed E-state index contributed by atoms with van der Waals surface area (Å²) in [6.07, 6.45) is 3.43. The van der Waals surface area contributed by atoms with Crippen LogP contribution in [0.15, 0.2) is 29.4 Å². The Balaban J connectivity index is 1.58. The highest BCUT2D eigenvalue weighted by Crippen LogP contribution is 2.54. The average Bonchev–Trinajstić information content (AvgIpc) is 3.11. The number of rotatable bonds is 4. The lowest BCUT2D eigenvalue weighted by Crippen LogP contribution is -2.40. The summed E-state index contributed by atoms with van der Waals surface area (Å²) in [5, 5.41) is 14.4. The summed E-state index contributed by atoms with van der Waals surface area (Å²) in [5.41, 5.74) is 0.864. The summed E-state index contributed by atoms with van der Waals surface area (Å²) in [5.74, 6) is -1.16. The van der Waals surface area contributed by atoms with E-state index in [1.165, 1.54) is 0 Å². The first-order valence-electron chi connectivity index (χ1n) is 8.37. The molecule has 1 saturated heterocycles. The fraction of sp³-hybridized carbons (Fsp3) is 0.529. The Labute approximate surface area is 156 Å². The van der Waals surface area contributed by atoms with Gasteiger partial charge in [-0.2, -0.15) is 4.31 Å². The van der Waals surface area contributed by atoms with E-state index in [2.05, 4.69) is 5.16 Å². The van der Waals surface area contributed by atoms with Crippen LogP contribution in [-0.4, -0.2) is 54.0 Å². The number of sulfonamides is 1. The van der Waals surface area contributed by atoms with Crippen molar-refractivity contribution in [3.63, 3.8) is 0 Å². The fourth-order valence-corrected chi connectivity index (χ4v) is 5.30. The first-order valence-corrected chi connectivity index (χ1v) is 10.6. The normalized spacial score (nSPS) is 30.2. The lowest BCUT2D eigenvalue weighted by Gasteiger charge is -2.22. The Kier molecular flexibility index (Phi) is 3.88. The van der Waals surface area contributed by atoms with Crippen molar-refractivity contribution in [3.8, 4) is 0 Å². The molecular weight excluding hydrogens is 380 g/mol. The molecule has 1 aliphatic carbocycles. The van der Waals surface area contributed by atoms with Gasteiger partial charge in [-0.25, -0.2) is 8.42 Å². The second kappa shape index (κ2) is 5.68. The predicted octanol–water partition coefficient (Wildman–Crippen LogP) is 2.01. The number of aliphatic carboxylic acids is 1. The fourth-order valence-electron chi connectivity index (χ4n) is 4.08. The number of carbonyl (C=O) groups is 1. The van der Waals surface area contributed by atoms with E-state index in [-0.39, 0.29) is 18.4 Å². The van der Waals surface area contributed by atoms with E-state index in [9.17, 15) is 18.3 Å². The molecule has 2 heterocycles. The van der Waals surface area contributed by atoms with Gasteiger partial charge < -0.3 is 9.94 Å². The van der Waals surface area contributed by atoms with Gasteiger partial charge in [-0.15, -0.1) is 0 Å². The maximum Gasteiger partial charge on any atom is 0.322 e. The molecule has 9 heteroatoms. The SMILES string of the molecule is CS(=O)(=O)N1CC2(CC(C3(c4ccc(Cl)cc4)CC3)=NO2)C[C@H]1C(=O)O. The van der Waals surface area contributed by atoms with Crippen LogP contribution in [0.25, 0.3) is 0 Å². The van der Waals surface area contributed by atoms with E-state index >= 15 is 0 Å². The summed E-state index contributed by atoms with van der Waals surface area (Å²) in [7, 11) is -3.65. The van der Waals surface area contributed by atoms with Crippen LogP contribution in [0, 0.1) is 0 Å². The number of hydrogen-bond donors (Lipinski definition) is 1. The minimum Gasteiger partial charge on any atom is -0.480 e. The maximum absolute atomic E-state index is 12.0. The highest BCUT2D eigenvalue weighted by atomic mass is 35.5. The van der Waals surface area contributed by atoms with Gasteiger partial charge in [-0.05, 0) is 30.5 Å². The van der Waals surface area contributed by atoms with Crippen LogP contribution in [0.3, 0.4) is 0 Å². The number of benzene rings is 1. The second-order valence-electron chi connectivity index (χ2n) is 7.44. The third-order valence-corrected chi connectivity index (χ3v) is 7.09. The highest BCUT2D eigenvalue weighted by Gasteiger charge is 2.60. The van der Waals surface area contributed by atoms with Crippen molar-refractivity contribution >= 4 is 33.3 Å². The molecule has 1 N–H and O–H groups in total. The number of oxime groups is 1. The van der Waals surface area contributed by atoms with Gasteiger partial charge in [-0.1, -0.05) is 28.9 Å². The summed E-state index contributed by atoms with van der Waals surface area (Å²) < 4.78 is 25.0. The quantitative estimate of drug-likeness (QED) is 0.836. The minimum atomic E-state index is -3.65. The van der Waals surface area contributed by atoms with Crippen molar-refractivity contribution in [1.29, 1.82) is 0 Å². The zero-order valence-corrected chi connectivity index (χ0v) is 15.8. The molecule has 2 atom stereocenters. The first-order chi connectivity index (χ1) is 12.2. The molecule has 0 bridgehead atoms. The molecule has 26 heavy (non-hydrogen) atoms. The standard InChI is InChI=1S/C17H19ClN2O5S/c1-26(23,24)20-10-16(8-13(20)15(21)22)9-14(19-25-16)17(6-7-17)11-2-4-12(18)5-3-11/h2-5,13H,6-10H2,1H3,(H,21,22)/t13-,16?/m0/s1. The lowest BCUT2D eigenvalue weighted by atomic mass is 9.83. The van der Waals surface area contributed by atoms with Gasteiger partial charge in [0.05, 0.1) is 18.5 Å². The minimum absolute atomic E-state index is 0.00645. The molecule has 1 saturated carbocycles. The second-order valence-corrected chi connectivity index (χ2v) is 9.82. The van der Waals surface area contributed by atoms with Gasteiger partial charge in [0.25, 0.3) is 0 Å². The number of halogens is 1. The van der Waals surface area contributed by atoms with Crippen molar-refractivity contribution in [2.75, 3.05) is 12.8 Å². The molecule has 1 aromatic carbocycles. The van der Waals surface area contributed by atoms with E-state index in [4.69, 9.17) is 16.4 Å². The van der Waals surface area contributed by atoms with Gasteiger partial charge in [-0.3, -0.25) is 4.79 Å². The third-order valence-electron chi connectivity index (χ3n) is 5.61. The zero-order valence-electron chi connectivity index (χ0n) is 14.2. The number of hydrogen-bond acceptors (Lipinski definition) is 5. The van der Waals surface area contributed by atoms with Gasteiger partial charge in [0.1, 0.15) is 6.04 Å². The lowest BCUT2D eigenvalue weighted by molar-refractivity contribution is -0.141. The van der Waals surface area contributed by atoms with Crippen LogP contribution in [0.4, 0.5) is 0 Å². The Morgan fingerprint density at radius 1 is 1.35 bits per heavy atom. The van der Waals surface area contributed by atoms with E-state index < -0.39 is 27.6 Å². The molecule has 2 fully saturated rings. The van der Waals surface area contributed by atoms with Crippen LogP contribution in [0.5, 0.6) is 0 Å². The number of carboxylic acid groups (broad SMARTS) is 1. The van der Waals surface area contributed by atoms with Crippen LogP contribution in [0.1, 0.15) is 31.2 Å². The van der Waals surface area contributed by atoms with Crippen molar-refractivity contribution in [3.05, 3.63) is 34.9 Å². The molecule has 0 amide bonds. The van der Waals surface area contributed by atoms with Gasteiger partial charge in [0.2, 0.25) is 10.0 Å². The monoisotopic (exact) mass is 398 g/mol. The zero-order chi connectivity index (χ0) is 18.7. The van der Waals surface area contributed by atoms with E-state index in [0.717, 1.165) is 34.7 Å². The summed E-state index contributed by atoms with van der Waals surface area (Å²) >= 11 is 5.97. The molecule has 2 aliphatic heterocycles. The Hall–Kier alpha value is -1.64. The van der Waals surface area contributed by atoms with Crippen LogP contribution < -0.4 is 0 Å². The van der Waals surface area contributed by atoms with Gasteiger partial charge in [0.15, 0.2) is 5.60 Å². The van der Waals surface area contributed by atoms with Crippen LogP contribution >= 0.6 is 11.6 Å². The van der Waals surface area contributed by atoms with E-state index in [1.54, 1.807) is 0 Å². The van der Waals surface area contributed by atoms with Crippen molar-refractivity contribution in [2.45, 2.75) is 42.7 Å². The summed E-state index contributed by atoms with van der Waals surface area (Å²) in [6, 6.07) is 6.50. The smallest absolute Gasteiger partial charge is 0.322 e. The number of carboxylic acids is 1. The van der Waals surface area contributed by atoms with E-state index in [0.29, 0.717) is 11.4 Å². The molecule has 0 aromatic heterocycles. The summed E-state index contributed by atoms with van der Waals surface area (Å²) in [4.78, 5) is 17.2. The topological polar surface area (TPSA) is 96.3 Å². The van der Waals surface area contributed by atoms with Crippen molar-refractivity contribution in [2.24, 2.45) is 5.16 Å². The molecule has 0 radical (unpaired) electrons. The largest absolute Gasteiger partial charge is 0.480 e. The highest BCUT2D eigenvalue weighted by molar-refractivity contribution is 7.88. The Bertz CT molecular complexity index is 894. The third kappa shape index (κ3) is 2.80. The van der Waals surface area contributed by atoms with Crippen molar-refractivity contribution < 1.29 is 23.2 Å². The van der Waals surface area contributed by atoms with Gasteiger partial charge in [0, 0.05) is 23.3 Å². The number of nitrogens with zero attached hydrogens (tertiary/aromatic N) is 2. The Morgan fingerprint density at radius 3 is 2.50 bits per heavy atom. The molecular formula is C17H19ClN2O5S. The van der Waals surface area contributed by atoms with Crippen molar-refractivity contribution in [1.82, 2.24) is 4.31 Å². The molecule has 3 aliphatic rings. The maximum atomic E-state index is 12.0.